The molecule has 0 fully saturated rings. The highest BCUT2D eigenvalue weighted by atomic mass is 14.9. The van der Waals surface area contributed by atoms with Crippen LogP contribution in [-0.4, -0.2) is 0 Å². The maximum absolute atomic E-state index is 8.24. The highest BCUT2D eigenvalue weighted by Gasteiger charge is 2.13. The Morgan fingerprint density at radius 2 is 1.94 bits per heavy atom. The van der Waals surface area contributed by atoms with Gasteiger partial charge in [-0.05, 0) is 30.5 Å². The fourth-order valence-electron chi connectivity index (χ4n) is 1.90. The molecule has 1 aromatic carbocycles. The minimum absolute atomic E-state index is 0.0534. The number of benzene rings is 1. The summed E-state index contributed by atoms with van der Waals surface area (Å²) in [5.74, 6) is -2.68. The van der Waals surface area contributed by atoms with Gasteiger partial charge >= 0.3 is 0 Å². The predicted octanol–water partition coefficient (Wildman–Crippen LogP) is 3.61. The molecule has 0 atom stereocenters. The number of hydrogen-bond donors (Lipinski definition) is 0. The van der Waals surface area contributed by atoms with Crippen LogP contribution in [0.5, 0.6) is 0 Å². The van der Waals surface area contributed by atoms with Crippen LogP contribution in [0.15, 0.2) is 42.6 Å². The third-order valence-electron chi connectivity index (χ3n) is 2.84. The van der Waals surface area contributed by atoms with Crippen LogP contribution < -0.4 is 4.57 Å². The van der Waals surface area contributed by atoms with Gasteiger partial charge in [0.25, 0.3) is 0 Å². The summed E-state index contributed by atoms with van der Waals surface area (Å²) >= 11 is 0. The van der Waals surface area contributed by atoms with Crippen molar-refractivity contribution in [1.82, 2.24) is 0 Å². The quantitative estimate of drug-likeness (QED) is 0.698. The molecule has 1 heteroatoms. The molecular weight excluding hydrogens is 206 g/mol. The lowest BCUT2D eigenvalue weighted by Gasteiger charge is -2.07. The van der Waals surface area contributed by atoms with E-state index in [0.717, 1.165) is 16.8 Å². The molecule has 1 heterocycles. The summed E-state index contributed by atoms with van der Waals surface area (Å²) in [5.41, 5.74) is 2.77. The van der Waals surface area contributed by atoms with Crippen LogP contribution in [0.1, 0.15) is 40.3 Å². The Kier molecular flexibility index (Phi) is 1.61. The molecule has 0 saturated heterocycles. The summed E-state index contributed by atoms with van der Waals surface area (Å²) in [7, 11) is 1.71. The van der Waals surface area contributed by atoms with Crippen molar-refractivity contribution >= 4 is 0 Å². The lowest BCUT2D eigenvalue weighted by atomic mass is 10.0. The first kappa shape index (κ1) is 5.81. The van der Waals surface area contributed by atoms with Crippen molar-refractivity contribution in [2.75, 3.05) is 0 Å². The van der Waals surface area contributed by atoms with E-state index in [1.807, 2.05) is 31.2 Å². The SMILES string of the molecule is [2H]C([2H])([2H])C([2H])(c1ccc(-c2ccccc2C)[n+](C)c1)C([2H])([2H])[2H]. The van der Waals surface area contributed by atoms with Crippen molar-refractivity contribution in [3.05, 3.63) is 53.7 Å². The zero-order valence-electron chi connectivity index (χ0n) is 17.0. The average Bonchev–Trinajstić information content (AvgIpc) is 2.45. The molecule has 0 aliphatic carbocycles. The van der Waals surface area contributed by atoms with Gasteiger partial charge < -0.3 is 0 Å². The molecule has 0 radical (unpaired) electrons. The summed E-state index contributed by atoms with van der Waals surface area (Å²) in [6.07, 6.45) is 1.42. The van der Waals surface area contributed by atoms with Crippen molar-refractivity contribution in [3.63, 3.8) is 0 Å². The molecule has 0 amide bonds. The number of aromatic nitrogens is 1. The zero-order valence-corrected chi connectivity index (χ0v) is 9.99. The summed E-state index contributed by atoms with van der Waals surface area (Å²) in [4.78, 5) is 0. The Bertz CT molecular complexity index is 733. The molecule has 2 aromatic rings. The monoisotopic (exact) mass is 233 g/mol. The Hall–Kier alpha value is -1.63. The normalized spacial score (nSPS) is 19.1. The van der Waals surface area contributed by atoms with Crippen molar-refractivity contribution in [2.45, 2.75) is 26.5 Å². The molecule has 2 rings (SSSR count). The largest absolute Gasteiger partial charge is 0.212 e. The van der Waals surface area contributed by atoms with Gasteiger partial charge in [0.1, 0.15) is 7.05 Å². The van der Waals surface area contributed by atoms with E-state index in [9.17, 15) is 0 Å². The minimum atomic E-state index is -2.98. The Labute approximate surface area is 114 Å². The second-order valence-electron chi connectivity index (χ2n) is 4.10. The maximum atomic E-state index is 8.24. The summed E-state index contributed by atoms with van der Waals surface area (Å²) in [5, 5.41) is 0. The van der Waals surface area contributed by atoms with Gasteiger partial charge in [0.15, 0.2) is 6.20 Å². The van der Waals surface area contributed by atoms with E-state index >= 15 is 0 Å². The molecule has 17 heavy (non-hydrogen) atoms. The van der Waals surface area contributed by atoms with Crippen molar-refractivity contribution in [3.8, 4) is 11.3 Å². The van der Waals surface area contributed by atoms with E-state index in [-0.39, 0.29) is 5.56 Å². The molecule has 0 saturated carbocycles. The number of aryl methyl sites for hydroxylation is 2. The molecule has 0 aliphatic heterocycles. The first-order valence-electron chi connectivity index (χ1n) is 8.96. The van der Waals surface area contributed by atoms with Gasteiger partial charge in [0.2, 0.25) is 5.69 Å². The van der Waals surface area contributed by atoms with Gasteiger partial charge in [-0.3, -0.25) is 0 Å². The Morgan fingerprint density at radius 3 is 2.59 bits per heavy atom. The topological polar surface area (TPSA) is 3.88 Å². The molecule has 88 valence electrons. The Morgan fingerprint density at radius 1 is 1.18 bits per heavy atom. The predicted molar refractivity (Wildman–Crippen MR) is 71.9 cm³/mol. The zero-order chi connectivity index (χ0) is 18.3. The van der Waals surface area contributed by atoms with Crippen LogP contribution in [0.2, 0.25) is 0 Å². The van der Waals surface area contributed by atoms with Crippen LogP contribution in [0, 0.1) is 6.92 Å². The van der Waals surface area contributed by atoms with E-state index in [2.05, 4.69) is 0 Å². The molecule has 1 aromatic heterocycles. The molecule has 0 bridgehead atoms. The van der Waals surface area contributed by atoms with E-state index in [1.165, 1.54) is 12.3 Å². The van der Waals surface area contributed by atoms with E-state index < -0.39 is 19.6 Å². The summed E-state index contributed by atoms with van der Waals surface area (Å²) < 4.78 is 55.4. The van der Waals surface area contributed by atoms with E-state index in [1.54, 1.807) is 17.7 Å². The third kappa shape index (κ3) is 2.38. The highest BCUT2D eigenvalue weighted by Crippen LogP contribution is 2.21. The van der Waals surface area contributed by atoms with Crippen molar-refractivity contribution in [2.24, 2.45) is 7.05 Å². The van der Waals surface area contributed by atoms with Crippen LogP contribution >= 0.6 is 0 Å². The maximum Gasteiger partial charge on any atom is 0.212 e. The van der Waals surface area contributed by atoms with Crippen LogP contribution in [0.4, 0.5) is 0 Å². The van der Waals surface area contributed by atoms with Gasteiger partial charge in [-0.15, -0.1) is 0 Å². The van der Waals surface area contributed by atoms with Gasteiger partial charge in [0.05, 0.1) is 0 Å². The van der Waals surface area contributed by atoms with Crippen molar-refractivity contribution < 1.29 is 14.2 Å². The molecule has 0 unspecified atom stereocenters. The van der Waals surface area contributed by atoms with Gasteiger partial charge in [-0.25, -0.2) is 4.57 Å². The Balaban J connectivity index is 2.63. The van der Waals surface area contributed by atoms with Crippen LogP contribution in [-0.2, 0) is 7.05 Å². The number of nitrogens with zero attached hydrogens (tertiary/aromatic N) is 1. The first-order chi connectivity index (χ1) is 10.9. The van der Waals surface area contributed by atoms with Crippen molar-refractivity contribution in [1.29, 1.82) is 0 Å². The second-order valence-corrected chi connectivity index (χ2v) is 4.10. The van der Waals surface area contributed by atoms with E-state index in [0.29, 0.717) is 0 Å². The average molecular weight is 233 g/mol. The molecule has 0 spiro atoms. The number of rotatable bonds is 2. The first-order valence-corrected chi connectivity index (χ1v) is 5.46. The summed E-state index contributed by atoms with van der Waals surface area (Å²) in [6, 6.07) is 10.8. The standard InChI is InChI=1S/C16H20N/c1-12(2)14-9-10-16(17(4)11-14)15-8-6-5-7-13(15)3/h5-12H,1-4H3/q+1/i1D3,2D3,12D. The van der Waals surface area contributed by atoms with Gasteiger partial charge in [0, 0.05) is 26.8 Å². The number of hydrogen-bond acceptors (Lipinski definition) is 0. The molecule has 0 aliphatic rings. The third-order valence-corrected chi connectivity index (χ3v) is 2.84. The fraction of sp³-hybridized carbons (Fsp3) is 0.312. The minimum Gasteiger partial charge on any atom is -0.201 e. The summed E-state index contributed by atoms with van der Waals surface area (Å²) in [6.45, 7) is -3.99. The second kappa shape index (κ2) is 4.70. The number of pyridine rings is 1. The molecule has 0 N–H and O–H groups in total. The smallest absolute Gasteiger partial charge is 0.201 e. The lowest BCUT2D eigenvalue weighted by molar-refractivity contribution is -0.660. The van der Waals surface area contributed by atoms with E-state index in [4.69, 9.17) is 9.60 Å². The highest BCUT2D eigenvalue weighted by molar-refractivity contribution is 5.60. The van der Waals surface area contributed by atoms with Crippen LogP contribution in [0.3, 0.4) is 0 Å². The lowest BCUT2D eigenvalue weighted by Crippen LogP contribution is -2.31. The van der Waals surface area contributed by atoms with Gasteiger partial charge in [-0.1, -0.05) is 31.9 Å². The van der Waals surface area contributed by atoms with Gasteiger partial charge in [-0.2, -0.15) is 0 Å². The molecular formula is C16H20N+. The van der Waals surface area contributed by atoms with Crippen LogP contribution in [0.25, 0.3) is 11.3 Å². The molecule has 1 nitrogen and oxygen atoms in total. The fourth-order valence-corrected chi connectivity index (χ4v) is 1.90.